The largest absolute Gasteiger partial charge is 0.497 e. The van der Waals surface area contributed by atoms with E-state index in [1.54, 1.807) is 12.0 Å². The minimum absolute atomic E-state index is 0.0138. The van der Waals surface area contributed by atoms with Gasteiger partial charge in [0, 0.05) is 49.1 Å². The summed E-state index contributed by atoms with van der Waals surface area (Å²) in [7, 11) is -2.32. The number of piperidine rings is 1. The van der Waals surface area contributed by atoms with Crippen LogP contribution in [0.25, 0.3) is 17.0 Å². The molecule has 3 aliphatic carbocycles. The second kappa shape index (κ2) is 17.1. The number of sulfonamides is 1. The van der Waals surface area contributed by atoms with E-state index in [1.807, 2.05) is 30.3 Å². The van der Waals surface area contributed by atoms with E-state index in [2.05, 4.69) is 28.0 Å². The minimum Gasteiger partial charge on any atom is -0.497 e. The molecule has 4 bridgehead atoms. The quantitative estimate of drug-likeness (QED) is 0.326. The first kappa shape index (κ1) is 41.1. The van der Waals surface area contributed by atoms with Gasteiger partial charge in [0.1, 0.15) is 29.5 Å². The predicted molar refractivity (Wildman–Crippen MR) is 220 cm³/mol. The molecule has 16 heteroatoms. The van der Waals surface area contributed by atoms with Crippen molar-refractivity contribution in [2.45, 2.75) is 119 Å². The molecule has 59 heavy (non-hydrogen) atoms. The van der Waals surface area contributed by atoms with E-state index in [0.29, 0.717) is 62.5 Å². The highest BCUT2D eigenvalue weighted by atomic mass is 32.2. The Morgan fingerprint density at radius 1 is 1.03 bits per heavy atom. The fourth-order valence-electron chi connectivity index (χ4n) is 9.18. The van der Waals surface area contributed by atoms with Crippen LogP contribution in [0.2, 0.25) is 0 Å². The van der Waals surface area contributed by atoms with Crippen LogP contribution < -0.4 is 24.8 Å². The number of hydrogen-bond acceptors (Lipinski definition) is 10. The van der Waals surface area contributed by atoms with Crippen molar-refractivity contribution in [3.05, 3.63) is 48.6 Å². The Bertz CT molecular complexity index is 2090. The Balaban J connectivity index is 1.14. The van der Waals surface area contributed by atoms with Crippen LogP contribution in [-0.4, -0.2) is 115 Å². The lowest BCUT2D eigenvalue weighted by molar-refractivity contribution is -0.142. The van der Waals surface area contributed by atoms with Gasteiger partial charge in [-0.05, 0) is 81.9 Å². The molecule has 5 amide bonds. The molecule has 15 nitrogen and oxygen atoms in total. The van der Waals surface area contributed by atoms with Gasteiger partial charge in [-0.25, -0.2) is 18.2 Å². The normalized spacial score (nSPS) is 30.1. The molecule has 3 N–H and O–H groups in total. The van der Waals surface area contributed by atoms with Crippen LogP contribution in [0.1, 0.15) is 89.0 Å². The number of fused-ring (bicyclic) bond motifs is 10. The summed E-state index contributed by atoms with van der Waals surface area (Å²) in [5.41, 5.74) is -0.173. The Kier molecular flexibility index (Phi) is 11.9. The lowest BCUT2D eigenvalue weighted by atomic mass is 9.83. The van der Waals surface area contributed by atoms with Crippen LogP contribution >= 0.6 is 0 Å². The standard InChI is InChI=1S/C43H56N6O9S/c1-3-30-25-43(30,41(52)47-59(54,55)34-15-16-34)46-38(50)36-24-33-26-49(36)40(51)37(27-10-6-4-7-11-27)45-42(53)48-19-17-31(18-20-48)57-21-9-5-8-12-29-22-28-13-14-32(56-2)23-35(28)44-39(29)58-33/h3,8,12-14,22-23,27,30-31,33-34,36-37H,1,4-7,9-11,15-21,24-26H2,2H3,(H,45,53)(H,46,50)(H,47,52)/b12-8+/t30?,33-,36+,37+,43-/m1/s1. The number of benzene rings is 1. The molecular weight excluding hydrogens is 777 g/mol. The Morgan fingerprint density at radius 2 is 1.81 bits per heavy atom. The molecule has 5 fully saturated rings. The first-order valence-electron chi connectivity index (χ1n) is 21.3. The monoisotopic (exact) mass is 832 g/mol. The van der Waals surface area contributed by atoms with Crippen LogP contribution in [0.3, 0.4) is 0 Å². The maximum atomic E-state index is 15.1. The van der Waals surface area contributed by atoms with Crippen molar-refractivity contribution in [1.29, 1.82) is 0 Å². The number of pyridine rings is 1. The number of amides is 5. The van der Waals surface area contributed by atoms with Gasteiger partial charge in [0.25, 0.3) is 5.91 Å². The number of urea groups is 1. The summed E-state index contributed by atoms with van der Waals surface area (Å²) in [6.45, 7) is 5.44. The second-order valence-corrected chi connectivity index (χ2v) is 19.0. The van der Waals surface area contributed by atoms with Crippen molar-refractivity contribution in [2.75, 3.05) is 33.4 Å². The predicted octanol–water partition coefficient (Wildman–Crippen LogP) is 4.21. The molecule has 7 aliphatic rings. The maximum absolute atomic E-state index is 15.1. The van der Waals surface area contributed by atoms with E-state index in [0.717, 1.165) is 55.9 Å². The van der Waals surface area contributed by atoms with Crippen LogP contribution in [-0.2, 0) is 29.1 Å². The zero-order valence-corrected chi connectivity index (χ0v) is 34.6. The third-order valence-corrected chi connectivity index (χ3v) is 14.8. The van der Waals surface area contributed by atoms with Crippen molar-refractivity contribution < 1.29 is 41.8 Å². The van der Waals surface area contributed by atoms with Gasteiger partial charge >= 0.3 is 6.03 Å². The molecule has 318 valence electrons. The summed E-state index contributed by atoms with van der Waals surface area (Å²) >= 11 is 0. The summed E-state index contributed by atoms with van der Waals surface area (Å²) in [4.78, 5) is 65.4. The third-order valence-electron chi connectivity index (χ3n) is 13.0. The van der Waals surface area contributed by atoms with E-state index in [4.69, 9.17) is 19.2 Å². The average molecular weight is 833 g/mol. The zero-order chi connectivity index (χ0) is 41.3. The Labute approximate surface area is 345 Å². The van der Waals surface area contributed by atoms with E-state index in [-0.39, 0.29) is 37.4 Å². The molecule has 0 spiro atoms. The van der Waals surface area contributed by atoms with Crippen molar-refractivity contribution in [3.8, 4) is 11.6 Å². The van der Waals surface area contributed by atoms with Crippen molar-refractivity contribution >= 4 is 50.8 Å². The van der Waals surface area contributed by atoms with E-state index >= 15 is 4.79 Å². The summed E-state index contributed by atoms with van der Waals surface area (Å²) < 4.78 is 46.3. The van der Waals surface area contributed by atoms with Crippen LogP contribution in [0, 0.1) is 11.8 Å². The fourth-order valence-corrected chi connectivity index (χ4v) is 10.5. The molecule has 0 radical (unpaired) electrons. The maximum Gasteiger partial charge on any atom is 0.318 e. The molecule has 2 aromatic rings. The SMILES string of the molecule is C=CC1C[C@]1(NC(=O)[C@@H]1C[C@@H]2CN1C(=O)[C@H](C1CCCCC1)NC(=O)N1CCC(CC1)OCCC/C=C/c1cc3ccc(OC)cc3nc1O2)C(=O)NS(=O)(=O)C1CC1. The van der Waals surface area contributed by atoms with Crippen LogP contribution in [0.4, 0.5) is 4.79 Å². The Hall–Kier alpha value is -4.70. The number of nitrogens with one attached hydrogen (secondary N) is 3. The van der Waals surface area contributed by atoms with Crippen LogP contribution in [0.15, 0.2) is 43.0 Å². The molecular formula is C43H56N6O9S. The van der Waals surface area contributed by atoms with Gasteiger partial charge in [-0.15, -0.1) is 6.58 Å². The van der Waals surface area contributed by atoms with E-state index in [9.17, 15) is 22.8 Å². The van der Waals surface area contributed by atoms with E-state index < -0.39 is 62.6 Å². The van der Waals surface area contributed by atoms with Gasteiger partial charge < -0.3 is 34.6 Å². The summed E-state index contributed by atoms with van der Waals surface area (Å²) in [5, 5.41) is 6.24. The van der Waals surface area contributed by atoms with Crippen LogP contribution in [0.5, 0.6) is 11.6 Å². The molecule has 1 aromatic carbocycles. The van der Waals surface area contributed by atoms with Gasteiger partial charge in [-0.1, -0.05) is 37.5 Å². The molecule has 2 saturated heterocycles. The highest BCUT2D eigenvalue weighted by Crippen LogP contribution is 2.46. The zero-order valence-electron chi connectivity index (χ0n) is 33.7. The lowest BCUT2D eigenvalue weighted by Crippen LogP contribution is -2.60. The summed E-state index contributed by atoms with van der Waals surface area (Å²) in [6, 6.07) is 5.28. The molecule has 1 aromatic heterocycles. The topological polar surface area (TPSA) is 186 Å². The number of ether oxygens (including phenoxy) is 3. The minimum atomic E-state index is -3.90. The molecule has 1 unspecified atom stereocenters. The smallest absolute Gasteiger partial charge is 0.318 e. The van der Waals surface area contributed by atoms with Gasteiger partial charge in [0.15, 0.2) is 0 Å². The van der Waals surface area contributed by atoms with Gasteiger partial charge in [-0.2, -0.15) is 0 Å². The number of hydrogen-bond donors (Lipinski definition) is 3. The van der Waals surface area contributed by atoms with Gasteiger partial charge in [0.2, 0.25) is 27.7 Å². The highest BCUT2D eigenvalue weighted by Gasteiger charge is 2.62. The van der Waals surface area contributed by atoms with Crippen molar-refractivity contribution in [1.82, 2.24) is 30.1 Å². The number of methoxy groups -OCH3 is 1. The third kappa shape index (κ3) is 8.93. The molecule has 3 saturated carbocycles. The van der Waals surface area contributed by atoms with Gasteiger partial charge in [-0.3, -0.25) is 19.1 Å². The first-order valence-corrected chi connectivity index (χ1v) is 22.8. The second-order valence-electron chi connectivity index (χ2n) is 17.0. The fraction of sp³-hybridized carbons (Fsp3) is 0.605. The van der Waals surface area contributed by atoms with E-state index in [1.165, 1.54) is 11.0 Å². The summed E-state index contributed by atoms with van der Waals surface area (Å²) in [5.74, 6) is -1.53. The number of rotatable bonds is 8. The number of aromatic nitrogens is 1. The lowest BCUT2D eigenvalue weighted by Gasteiger charge is -2.37. The van der Waals surface area contributed by atoms with Crippen molar-refractivity contribution in [2.24, 2.45) is 11.8 Å². The molecule has 4 aliphatic heterocycles. The average Bonchev–Trinajstić information content (AvgIpc) is 4.17. The molecule has 9 rings (SSSR count). The molecule has 5 atom stereocenters. The number of carbonyl (C=O) groups is 4. The number of carbonyl (C=O) groups excluding carboxylic acids is 4. The number of allylic oxidation sites excluding steroid dienone is 1. The highest BCUT2D eigenvalue weighted by molar-refractivity contribution is 7.91. The summed E-state index contributed by atoms with van der Waals surface area (Å²) in [6.07, 6.45) is 13.4. The number of nitrogens with zero attached hydrogens (tertiary/aromatic N) is 3. The van der Waals surface area contributed by atoms with Gasteiger partial charge in [0.05, 0.1) is 30.5 Å². The first-order chi connectivity index (χ1) is 28.5. The Morgan fingerprint density at radius 3 is 2.53 bits per heavy atom. The van der Waals surface area contributed by atoms with Crippen molar-refractivity contribution in [3.63, 3.8) is 0 Å². The molecule has 5 heterocycles.